The van der Waals surface area contributed by atoms with Crippen molar-refractivity contribution in [3.8, 4) is 0 Å². The number of imide groups is 1. The normalized spacial score (nSPS) is 18.7. The Morgan fingerprint density at radius 1 is 1.32 bits per heavy atom. The Hall–Kier alpha value is -2.68. The lowest BCUT2D eigenvalue weighted by Gasteiger charge is -2.27. The number of aromatic nitrogens is 2. The van der Waals surface area contributed by atoms with Crippen LogP contribution in [0.2, 0.25) is 0 Å². The molecule has 1 saturated heterocycles. The van der Waals surface area contributed by atoms with Gasteiger partial charge in [0.05, 0.1) is 12.3 Å². The zero-order chi connectivity index (χ0) is 19.7. The van der Waals surface area contributed by atoms with Gasteiger partial charge in [-0.2, -0.15) is 4.98 Å². The Kier molecular flexibility index (Phi) is 4.92. The largest absolute Gasteiger partial charge is 0.340 e. The van der Waals surface area contributed by atoms with Gasteiger partial charge < -0.3 is 9.84 Å². The van der Waals surface area contributed by atoms with Crippen LogP contribution in [0.25, 0.3) is 0 Å². The topological polar surface area (TPSA) is 105 Å². The van der Waals surface area contributed by atoms with Crippen molar-refractivity contribution in [2.75, 3.05) is 5.75 Å². The van der Waals surface area contributed by atoms with Crippen LogP contribution in [0.1, 0.15) is 53.3 Å². The molecule has 8 nitrogen and oxygen atoms in total. The zero-order valence-corrected chi connectivity index (χ0v) is 16.3. The van der Waals surface area contributed by atoms with E-state index in [2.05, 4.69) is 15.5 Å². The number of thioether (sulfide) groups is 1. The van der Waals surface area contributed by atoms with Crippen LogP contribution in [-0.2, 0) is 16.9 Å². The highest BCUT2D eigenvalue weighted by Crippen LogP contribution is 2.37. The molecule has 0 atom stereocenters. The van der Waals surface area contributed by atoms with Gasteiger partial charge >= 0.3 is 0 Å². The van der Waals surface area contributed by atoms with E-state index < -0.39 is 5.54 Å². The summed E-state index contributed by atoms with van der Waals surface area (Å²) >= 11 is 0.999. The molecule has 1 saturated carbocycles. The number of carbonyl (C=O) groups excluding carboxylic acids is 3. The Bertz CT molecular complexity index is 920. The molecular weight excluding hydrogens is 380 g/mol. The first-order valence-electron chi connectivity index (χ1n) is 9.16. The fourth-order valence-corrected chi connectivity index (χ4v) is 4.42. The van der Waals surface area contributed by atoms with Crippen molar-refractivity contribution in [2.45, 2.75) is 44.7 Å². The summed E-state index contributed by atoms with van der Waals surface area (Å²) in [4.78, 5) is 42.1. The highest BCUT2D eigenvalue weighted by Gasteiger charge is 2.41. The molecule has 2 fully saturated rings. The van der Waals surface area contributed by atoms with Crippen molar-refractivity contribution in [2.24, 2.45) is 0 Å². The maximum Gasteiger partial charge on any atom is 0.289 e. The summed E-state index contributed by atoms with van der Waals surface area (Å²) in [5, 5.41) is 6.88. The fourth-order valence-electron chi connectivity index (χ4n) is 3.69. The van der Waals surface area contributed by atoms with E-state index in [4.69, 9.17) is 4.52 Å². The summed E-state index contributed by atoms with van der Waals surface area (Å²) in [6.07, 6.45) is 3.46. The van der Waals surface area contributed by atoms with E-state index in [-0.39, 0.29) is 29.4 Å². The highest BCUT2D eigenvalue weighted by molar-refractivity contribution is 8.14. The number of benzene rings is 1. The van der Waals surface area contributed by atoms with Gasteiger partial charge in [0.1, 0.15) is 5.54 Å². The average Bonchev–Trinajstić information content (AvgIpc) is 3.40. The van der Waals surface area contributed by atoms with Gasteiger partial charge in [-0.25, -0.2) is 0 Å². The molecule has 28 heavy (non-hydrogen) atoms. The molecule has 2 aliphatic rings. The van der Waals surface area contributed by atoms with Gasteiger partial charge in [0.15, 0.2) is 5.82 Å². The van der Waals surface area contributed by atoms with Crippen LogP contribution in [-0.4, -0.2) is 37.8 Å². The van der Waals surface area contributed by atoms with Crippen LogP contribution in [0.3, 0.4) is 0 Å². The van der Waals surface area contributed by atoms with Gasteiger partial charge in [0, 0.05) is 12.5 Å². The summed E-state index contributed by atoms with van der Waals surface area (Å²) in [6, 6.07) is 6.98. The molecule has 0 bridgehead atoms. The number of nitrogens with zero attached hydrogens (tertiary/aromatic N) is 3. The maximum atomic E-state index is 13.0. The molecule has 1 aliphatic heterocycles. The SMILES string of the molecule is Cc1nc(C2(NC(=O)c3cccc(CN4C(=O)CSC4=O)c3)CCCC2)no1. The minimum absolute atomic E-state index is 0.168. The number of hydrogen-bond donors (Lipinski definition) is 1. The molecule has 1 aromatic carbocycles. The van der Waals surface area contributed by atoms with E-state index in [1.807, 2.05) is 0 Å². The lowest BCUT2D eigenvalue weighted by Crippen LogP contribution is -2.44. The molecular formula is C19H20N4O4S. The van der Waals surface area contributed by atoms with Crippen molar-refractivity contribution < 1.29 is 18.9 Å². The summed E-state index contributed by atoms with van der Waals surface area (Å²) in [7, 11) is 0. The van der Waals surface area contributed by atoms with Crippen molar-refractivity contribution in [1.29, 1.82) is 0 Å². The molecule has 1 aromatic heterocycles. The van der Waals surface area contributed by atoms with Crippen molar-refractivity contribution in [3.63, 3.8) is 0 Å². The monoisotopic (exact) mass is 400 g/mol. The number of rotatable bonds is 5. The van der Waals surface area contributed by atoms with Crippen LogP contribution in [0.4, 0.5) is 4.79 Å². The summed E-state index contributed by atoms with van der Waals surface area (Å²) < 4.78 is 5.12. The lowest BCUT2D eigenvalue weighted by molar-refractivity contribution is -0.125. The van der Waals surface area contributed by atoms with Crippen LogP contribution in [0.15, 0.2) is 28.8 Å². The number of aryl methyl sites for hydroxylation is 1. The van der Waals surface area contributed by atoms with Crippen LogP contribution >= 0.6 is 11.8 Å². The Balaban J connectivity index is 1.53. The summed E-state index contributed by atoms with van der Waals surface area (Å²) in [5.74, 6) is 0.709. The molecule has 0 radical (unpaired) electrons. The van der Waals surface area contributed by atoms with Gasteiger partial charge in [-0.3, -0.25) is 19.3 Å². The first-order chi connectivity index (χ1) is 13.5. The predicted octanol–water partition coefficient (Wildman–Crippen LogP) is 2.77. The van der Waals surface area contributed by atoms with Gasteiger partial charge in [-0.15, -0.1) is 0 Å². The van der Waals surface area contributed by atoms with E-state index in [9.17, 15) is 14.4 Å². The first kappa shape index (κ1) is 18.7. The Morgan fingerprint density at radius 2 is 2.11 bits per heavy atom. The summed E-state index contributed by atoms with van der Waals surface area (Å²) in [6.45, 7) is 1.89. The molecule has 3 amide bonds. The number of nitrogens with one attached hydrogen (secondary N) is 1. The van der Waals surface area contributed by atoms with Gasteiger partial charge in [-0.05, 0) is 30.5 Å². The highest BCUT2D eigenvalue weighted by atomic mass is 32.2. The summed E-state index contributed by atoms with van der Waals surface area (Å²) in [5.41, 5.74) is 0.575. The smallest absolute Gasteiger partial charge is 0.289 e. The second-order valence-electron chi connectivity index (χ2n) is 7.12. The van der Waals surface area contributed by atoms with Crippen molar-refractivity contribution in [1.82, 2.24) is 20.4 Å². The van der Waals surface area contributed by atoms with E-state index in [1.54, 1.807) is 31.2 Å². The second kappa shape index (κ2) is 7.38. The quantitative estimate of drug-likeness (QED) is 0.822. The van der Waals surface area contributed by atoms with Crippen LogP contribution in [0.5, 0.6) is 0 Å². The molecule has 0 unspecified atom stereocenters. The second-order valence-corrected chi connectivity index (χ2v) is 8.04. The molecule has 1 aliphatic carbocycles. The maximum absolute atomic E-state index is 13.0. The van der Waals surface area contributed by atoms with Gasteiger partial charge in [0.2, 0.25) is 11.8 Å². The molecule has 2 aromatic rings. The third-order valence-corrected chi connectivity index (χ3v) is 5.99. The third-order valence-electron chi connectivity index (χ3n) is 5.14. The minimum Gasteiger partial charge on any atom is -0.340 e. The Morgan fingerprint density at radius 3 is 2.75 bits per heavy atom. The fraction of sp³-hybridized carbons (Fsp3) is 0.421. The van der Waals surface area contributed by atoms with Gasteiger partial charge in [0.25, 0.3) is 11.1 Å². The molecule has 2 heterocycles. The van der Waals surface area contributed by atoms with Gasteiger partial charge in [-0.1, -0.05) is 41.9 Å². The lowest BCUT2D eigenvalue weighted by atomic mass is 9.95. The van der Waals surface area contributed by atoms with Crippen molar-refractivity contribution in [3.05, 3.63) is 47.1 Å². The molecule has 9 heteroatoms. The first-order valence-corrected chi connectivity index (χ1v) is 10.1. The minimum atomic E-state index is -0.623. The molecule has 1 N–H and O–H groups in total. The van der Waals surface area contributed by atoms with Crippen molar-refractivity contribution >= 4 is 28.8 Å². The average molecular weight is 400 g/mol. The molecule has 0 spiro atoms. The number of hydrogen-bond acceptors (Lipinski definition) is 7. The van der Waals surface area contributed by atoms with Crippen LogP contribution in [0, 0.1) is 6.92 Å². The molecule has 146 valence electrons. The standard InChI is InChI=1S/C19H20N4O4S/c1-12-20-17(22-27-12)19(7-2-3-8-19)21-16(25)14-6-4-5-13(9-14)10-23-15(24)11-28-18(23)26/h4-6,9H,2-3,7-8,10-11H2,1H3,(H,21,25). The Labute approximate surface area is 166 Å². The third kappa shape index (κ3) is 3.54. The van der Waals surface area contributed by atoms with E-state index in [1.165, 1.54) is 4.90 Å². The van der Waals surface area contributed by atoms with E-state index in [0.717, 1.165) is 43.0 Å². The number of amides is 3. The van der Waals surface area contributed by atoms with Crippen LogP contribution < -0.4 is 5.32 Å². The van der Waals surface area contributed by atoms with E-state index in [0.29, 0.717) is 17.3 Å². The molecule has 4 rings (SSSR count). The van der Waals surface area contributed by atoms with E-state index >= 15 is 0 Å². The predicted molar refractivity (Wildman–Crippen MR) is 101 cm³/mol. The zero-order valence-electron chi connectivity index (χ0n) is 15.4. The number of carbonyl (C=O) groups is 3.